The Bertz CT molecular complexity index is 683. The van der Waals surface area contributed by atoms with Crippen molar-refractivity contribution in [1.82, 2.24) is 14.8 Å². The predicted octanol–water partition coefficient (Wildman–Crippen LogP) is 2.19. The van der Waals surface area contributed by atoms with E-state index >= 15 is 0 Å². The van der Waals surface area contributed by atoms with Gasteiger partial charge in [0.15, 0.2) is 0 Å². The maximum absolute atomic E-state index is 12.5. The number of aromatic nitrogens is 1. The number of furan rings is 1. The average Bonchev–Trinajstić information content (AvgIpc) is 3.22. The summed E-state index contributed by atoms with van der Waals surface area (Å²) in [7, 11) is 0. The number of hydrogen-bond acceptors (Lipinski definition) is 4. The van der Waals surface area contributed by atoms with Crippen LogP contribution in [0, 0.1) is 18.8 Å². The molecule has 23 heavy (non-hydrogen) atoms. The molecule has 4 rings (SSSR count). The number of pyridine rings is 1. The minimum atomic E-state index is 0.134. The van der Waals surface area contributed by atoms with Crippen molar-refractivity contribution in [3.05, 3.63) is 53.7 Å². The van der Waals surface area contributed by atoms with E-state index in [1.165, 1.54) is 0 Å². The van der Waals surface area contributed by atoms with Gasteiger partial charge in [0, 0.05) is 44.1 Å². The average molecular weight is 311 g/mol. The third-order valence-corrected chi connectivity index (χ3v) is 4.95. The summed E-state index contributed by atoms with van der Waals surface area (Å²) in [6, 6.07) is 7.66. The molecule has 0 aliphatic carbocycles. The van der Waals surface area contributed by atoms with Gasteiger partial charge in [-0.1, -0.05) is 0 Å². The van der Waals surface area contributed by atoms with Gasteiger partial charge in [0.25, 0.3) is 5.91 Å². The zero-order valence-electron chi connectivity index (χ0n) is 13.3. The van der Waals surface area contributed by atoms with Gasteiger partial charge in [-0.25, -0.2) is 0 Å². The van der Waals surface area contributed by atoms with Crippen LogP contribution in [0.1, 0.15) is 21.9 Å². The standard InChI is InChI=1S/C18H21N3O2/c1-13-2-3-17(23-13)12-20-8-15-10-21(11-16(15)9-20)18(22)14-4-6-19-7-5-14/h2-7,15-16H,8-12H2,1H3. The highest BCUT2D eigenvalue weighted by atomic mass is 16.3. The summed E-state index contributed by atoms with van der Waals surface area (Å²) in [6.07, 6.45) is 3.36. The highest BCUT2D eigenvalue weighted by Gasteiger charge is 2.41. The van der Waals surface area contributed by atoms with Crippen LogP contribution in [0.15, 0.2) is 41.1 Å². The van der Waals surface area contributed by atoms with Crippen LogP contribution in [-0.2, 0) is 6.54 Å². The molecule has 2 unspecified atom stereocenters. The van der Waals surface area contributed by atoms with Gasteiger partial charge in [0.05, 0.1) is 6.54 Å². The molecule has 2 aromatic heterocycles. The molecule has 2 saturated heterocycles. The molecule has 5 heteroatoms. The van der Waals surface area contributed by atoms with Gasteiger partial charge >= 0.3 is 0 Å². The second-order valence-electron chi connectivity index (χ2n) is 6.67. The van der Waals surface area contributed by atoms with Crippen molar-refractivity contribution in [2.24, 2.45) is 11.8 Å². The Morgan fingerprint density at radius 3 is 2.43 bits per heavy atom. The van der Waals surface area contributed by atoms with Crippen molar-refractivity contribution in [2.45, 2.75) is 13.5 Å². The van der Waals surface area contributed by atoms with E-state index < -0.39 is 0 Å². The van der Waals surface area contributed by atoms with E-state index in [4.69, 9.17) is 4.42 Å². The number of nitrogens with zero attached hydrogens (tertiary/aromatic N) is 3. The Morgan fingerprint density at radius 1 is 1.13 bits per heavy atom. The molecule has 5 nitrogen and oxygen atoms in total. The summed E-state index contributed by atoms with van der Waals surface area (Å²) in [5.74, 6) is 3.30. The van der Waals surface area contributed by atoms with Crippen molar-refractivity contribution >= 4 is 5.91 Å². The second kappa shape index (κ2) is 5.81. The van der Waals surface area contributed by atoms with Crippen LogP contribution in [0.3, 0.4) is 0 Å². The topological polar surface area (TPSA) is 49.6 Å². The van der Waals surface area contributed by atoms with Crippen LogP contribution >= 0.6 is 0 Å². The van der Waals surface area contributed by atoms with Crippen LogP contribution in [0.5, 0.6) is 0 Å². The van der Waals surface area contributed by atoms with Gasteiger partial charge in [-0.05, 0) is 43.0 Å². The molecule has 0 radical (unpaired) electrons. The van der Waals surface area contributed by atoms with Crippen LogP contribution in [0.25, 0.3) is 0 Å². The molecule has 2 aliphatic heterocycles. The summed E-state index contributed by atoms with van der Waals surface area (Å²) in [4.78, 5) is 20.9. The van der Waals surface area contributed by atoms with Crippen molar-refractivity contribution in [2.75, 3.05) is 26.2 Å². The first-order valence-corrected chi connectivity index (χ1v) is 8.16. The molecule has 0 aromatic carbocycles. The Kier molecular flexibility index (Phi) is 3.65. The Morgan fingerprint density at radius 2 is 1.83 bits per heavy atom. The van der Waals surface area contributed by atoms with Crippen LogP contribution in [-0.4, -0.2) is 46.9 Å². The van der Waals surface area contributed by atoms with Gasteiger partial charge in [-0.2, -0.15) is 0 Å². The number of likely N-dealkylation sites (tertiary alicyclic amines) is 2. The summed E-state index contributed by atoms with van der Waals surface area (Å²) >= 11 is 0. The highest BCUT2D eigenvalue weighted by molar-refractivity contribution is 5.94. The fourth-order valence-electron chi connectivity index (χ4n) is 3.85. The first-order valence-electron chi connectivity index (χ1n) is 8.16. The minimum absolute atomic E-state index is 0.134. The number of carbonyl (C=O) groups excluding carboxylic acids is 1. The van der Waals surface area contributed by atoms with E-state index in [1.54, 1.807) is 24.5 Å². The van der Waals surface area contributed by atoms with E-state index in [0.717, 1.165) is 49.8 Å². The third-order valence-electron chi connectivity index (χ3n) is 4.95. The van der Waals surface area contributed by atoms with Gasteiger partial charge in [-0.3, -0.25) is 14.7 Å². The first-order chi connectivity index (χ1) is 11.2. The fraction of sp³-hybridized carbons (Fsp3) is 0.444. The molecule has 0 spiro atoms. The Hall–Kier alpha value is -2.14. The number of amides is 1. The van der Waals surface area contributed by atoms with Gasteiger partial charge < -0.3 is 9.32 Å². The molecule has 0 N–H and O–H groups in total. The molecular formula is C18H21N3O2. The quantitative estimate of drug-likeness (QED) is 0.872. The molecule has 120 valence electrons. The molecule has 2 aromatic rings. The maximum Gasteiger partial charge on any atom is 0.253 e. The van der Waals surface area contributed by atoms with E-state index in [1.807, 2.05) is 17.9 Å². The number of carbonyl (C=O) groups is 1. The van der Waals surface area contributed by atoms with Crippen LogP contribution in [0.2, 0.25) is 0 Å². The van der Waals surface area contributed by atoms with Crippen molar-refractivity contribution < 1.29 is 9.21 Å². The summed E-state index contributed by atoms with van der Waals surface area (Å²) in [5.41, 5.74) is 0.739. The summed E-state index contributed by atoms with van der Waals surface area (Å²) in [5, 5.41) is 0. The monoisotopic (exact) mass is 311 g/mol. The van der Waals surface area contributed by atoms with E-state index in [-0.39, 0.29) is 5.91 Å². The third kappa shape index (κ3) is 2.88. The van der Waals surface area contributed by atoms with Crippen LogP contribution < -0.4 is 0 Å². The normalized spacial score (nSPS) is 24.1. The number of rotatable bonds is 3. The lowest BCUT2D eigenvalue weighted by molar-refractivity contribution is 0.0772. The Balaban J connectivity index is 1.36. The molecule has 0 bridgehead atoms. The molecule has 1 amide bonds. The zero-order chi connectivity index (χ0) is 15.8. The maximum atomic E-state index is 12.5. The lowest BCUT2D eigenvalue weighted by Gasteiger charge is -2.21. The van der Waals surface area contributed by atoms with E-state index in [9.17, 15) is 4.79 Å². The van der Waals surface area contributed by atoms with Crippen molar-refractivity contribution in [1.29, 1.82) is 0 Å². The molecule has 2 fully saturated rings. The number of fused-ring (bicyclic) bond motifs is 1. The summed E-state index contributed by atoms with van der Waals surface area (Å²) in [6.45, 7) is 6.66. The van der Waals surface area contributed by atoms with Gasteiger partial charge in [0.2, 0.25) is 0 Å². The first kappa shape index (κ1) is 14.5. The summed E-state index contributed by atoms with van der Waals surface area (Å²) < 4.78 is 5.67. The lowest BCUT2D eigenvalue weighted by Crippen LogP contribution is -2.33. The smallest absolute Gasteiger partial charge is 0.253 e. The molecule has 2 aliphatic rings. The Labute approximate surface area is 135 Å². The van der Waals surface area contributed by atoms with Crippen molar-refractivity contribution in [3.8, 4) is 0 Å². The SMILES string of the molecule is Cc1ccc(CN2CC3CN(C(=O)c4ccncc4)CC3C2)o1. The number of aryl methyl sites for hydroxylation is 1. The minimum Gasteiger partial charge on any atom is -0.465 e. The molecule has 0 saturated carbocycles. The van der Waals surface area contributed by atoms with Crippen molar-refractivity contribution in [3.63, 3.8) is 0 Å². The van der Waals surface area contributed by atoms with Gasteiger partial charge in [-0.15, -0.1) is 0 Å². The lowest BCUT2D eigenvalue weighted by atomic mass is 10.0. The van der Waals surface area contributed by atoms with Crippen LogP contribution in [0.4, 0.5) is 0 Å². The van der Waals surface area contributed by atoms with E-state index in [2.05, 4.69) is 16.0 Å². The largest absolute Gasteiger partial charge is 0.465 e. The fourth-order valence-corrected chi connectivity index (χ4v) is 3.85. The molecule has 2 atom stereocenters. The number of hydrogen-bond donors (Lipinski definition) is 0. The highest BCUT2D eigenvalue weighted by Crippen LogP contribution is 2.32. The van der Waals surface area contributed by atoms with Gasteiger partial charge in [0.1, 0.15) is 11.5 Å². The second-order valence-corrected chi connectivity index (χ2v) is 6.67. The zero-order valence-corrected chi connectivity index (χ0v) is 13.3. The van der Waals surface area contributed by atoms with E-state index in [0.29, 0.717) is 11.8 Å². The predicted molar refractivity (Wildman–Crippen MR) is 85.8 cm³/mol. The molecule has 4 heterocycles. The molecular weight excluding hydrogens is 290 g/mol.